The molecule has 0 fully saturated rings. The van der Waals surface area contributed by atoms with Crippen molar-refractivity contribution in [1.29, 1.82) is 0 Å². The van der Waals surface area contributed by atoms with Gasteiger partial charge in [0.25, 0.3) is 0 Å². The van der Waals surface area contributed by atoms with Gasteiger partial charge < -0.3 is 5.11 Å². The summed E-state index contributed by atoms with van der Waals surface area (Å²) in [7, 11) is 0. The maximum atomic E-state index is 12.3. The number of aliphatic hydroxyl groups excluding tert-OH is 1. The van der Waals surface area contributed by atoms with E-state index >= 15 is 0 Å². The van der Waals surface area contributed by atoms with Gasteiger partial charge in [-0.25, -0.2) is 0 Å². The molecule has 20 heavy (non-hydrogen) atoms. The molecule has 0 amide bonds. The maximum Gasteiger partial charge on any atom is 0.220 e. The second-order valence-corrected chi connectivity index (χ2v) is 6.11. The Labute approximate surface area is 122 Å². The van der Waals surface area contributed by atoms with Crippen LogP contribution >= 0.6 is 11.8 Å². The Kier molecular flexibility index (Phi) is 3.90. The Hall–Kier alpha value is -1.58. The van der Waals surface area contributed by atoms with Crippen molar-refractivity contribution in [2.45, 2.75) is 24.2 Å². The number of fused-ring (bicyclic) bond motifs is 1. The average Bonchev–Trinajstić information content (AvgIpc) is 2.51. The van der Waals surface area contributed by atoms with Gasteiger partial charge in [-0.05, 0) is 24.0 Å². The molecule has 1 N–H and O–H groups in total. The number of aryl methyl sites for hydroxylation is 1. The summed E-state index contributed by atoms with van der Waals surface area (Å²) in [5.74, 6) is 0. The van der Waals surface area contributed by atoms with Crippen LogP contribution in [0.3, 0.4) is 0 Å². The van der Waals surface area contributed by atoms with Crippen molar-refractivity contribution >= 4 is 16.9 Å². The van der Waals surface area contributed by atoms with Crippen LogP contribution in [0.2, 0.25) is 0 Å². The van der Waals surface area contributed by atoms with Crippen LogP contribution in [0.25, 0.3) is 0 Å². The molecule has 2 aromatic rings. The van der Waals surface area contributed by atoms with E-state index in [9.17, 15) is 9.90 Å². The van der Waals surface area contributed by atoms with Gasteiger partial charge in [0.15, 0.2) is 0 Å². The predicted molar refractivity (Wildman–Crippen MR) is 81.9 cm³/mol. The molecule has 102 valence electrons. The van der Waals surface area contributed by atoms with Crippen molar-refractivity contribution in [3.8, 4) is 0 Å². The SMILES string of the molecule is O=C(S[C@@H]1c2ccccc2CC[C@H]1O)c1ccccc1. The van der Waals surface area contributed by atoms with Crippen LogP contribution in [0.5, 0.6) is 0 Å². The van der Waals surface area contributed by atoms with E-state index < -0.39 is 6.10 Å². The topological polar surface area (TPSA) is 37.3 Å². The minimum absolute atomic E-state index is 0.0198. The number of carbonyl (C=O) groups is 1. The number of hydrogen-bond acceptors (Lipinski definition) is 3. The standard InChI is InChI=1S/C17H16O2S/c18-15-11-10-12-6-4-5-9-14(12)16(15)20-17(19)13-7-2-1-3-8-13/h1-9,15-16,18H,10-11H2/t15-,16-/m1/s1. The third-order valence-corrected chi connectivity index (χ3v) is 4.94. The largest absolute Gasteiger partial charge is 0.392 e. The summed E-state index contributed by atoms with van der Waals surface area (Å²) < 4.78 is 0. The molecule has 0 aliphatic heterocycles. The summed E-state index contributed by atoms with van der Waals surface area (Å²) in [5, 5.41) is 10.1. The molecular formula is C17H16O2S. The van der Waals surface area contributed by atoms with E-state index in [1.165, 1.54) is 17.3 Å². The summed E-state index contributed by atoms with van der Waals surface area (Å²) in [5.41, 5.74) is 3.03. The smallest absolute Gasteiger partial charge is 0.220 e. The second kappa shape index (κ2) is 5.81. The molecule has 3 heteroatoms. The Morgan fingerprint density at radius 3 is 2.55 bits per heavy atom. The van der Waals surface area contributed by atoms with Crippen LogP contribution in [0.4, 0.5) is 0 Å². The van der Waals surface area contributed by atoms with Crippen molar-refractivity contribution in [2.75, 3.05) is 0 Å². The van der Waals surface area contributed by atoms with Crippen LogP contribution in [-0.2, 0) is 6.42 Å². The van der Waals surface area contributed by atoms with E-state index in [4.69, 9.17) is 0 Å². The molecule has 1 aliphatic rings. The van der Waals surface area contributed by atoms with Gasteiger partial charge in [0.2, 0.25) is 5.12 Å². The maximum absolute atomic E-state index is 12.3. The molecule has 0 saturated heterocycles. The lowest BCUT2D eigenvalue weighted by molar-refractivity contribution is 0.108. The number of carbonyl (C=O) groups excluding carboxylic acids is 1. The first-order valence-corrected chi connectivity index (χ1v) is 7.65. The Bertz CT molecular complexity index is 609. The zero-order valence-electron chi connectivity index (χ0n) is 11.0. The van der Waals surface area contributed by atoms with Crippen molar-refractivity contribution < 1.29 is 9.90 Å². The minimum Gasteiger partial charge on any atom is -0.392 e. The van der Waals surface area contributed by atoms with E-state index in [2.05, 4.69) is 6.07 Å². The highest BCUT2D eigenvalue weighted by atomic mass is 32.2. The highest BCUT2D eigenvalue weighted by molar-refractivity contribution is 8.14. The average molecular weight is 284 g/mol. The van der Waals surface area contributed by atoms with Gasteiger partial charge in [-0.2, -0.15) is 0 Å². The van der Waals surface area contributed by atoms with E-state index in [-0.39, 0.29) is 10.4 Å². The highest BCUT2D eigenvalue weighted by Crippen LogP contribution is 2.41. The zero-order valence-corrected chi connectivity index (χ0v) is 11.8. The molecular weight excluding hydrogens is 268 g/mol. The summed E-state index contributed by atoms with van der Waals surface area (Å²) in [6, 6.07) is 17.3. The van der Waals surface area contributed by atoms with Gasteiger partial charge in [-0.1, -0.05) is 66.4 Å². The van der Waals surface area contributed by atoms with Gasteiger partial charge in [0.05, 0.1) is 11.4 Å². The summed E-state index contributed by atoms with van der Waals surface area (Å²) in [4.78, 5) is 12.3. The fourth-order valence-corrected chi connectivity index (χ4v) is 3.75. The van der Waals surface area contributed by atoms with Crippen LogP contribution in [-0.4, -0.2) is 16.3 Å². The van der Waals surface area contributed by atoms with Crippen molar-refractivity contribution in [2.24, 2.45) is 0 Å². The fourth-order valence-electron chi connectivity index (χ4n) is 2.60. The molecule has 1 aliphatic carbocycles. The number of hydrogen-bond donors (Lipinski definition) is 1. The van der Waals surface area contributed by atoms with Crippen molar-refractivity contribution in [3.63, 3.8) is 0 Å². The molecule has 0 unspecified atom stereocenters. The molecule has 2 nitrogen and oxygen atoms in total. The summed E-state index contributed by atoms with van der Waals surface area (Å²) in [6.07, 6.45) is 1.15. The van der Waals surface area contributed by atoms with Crippen LogP contribution < -0.4 is 0 Å². The lowest BCUT2D eigenvalue weighted by Crippen LogP contribution is -2.24. The lowest BCUT2D eigenvalue weighted by Gasteiger charge is -2.29. The van der Waals surface area contributed by atoms with E-state index in [1.54, 1.807) is 0 Å². The van der Waals surface area contributed by atoms with Crippen LogP contribution in [0.1, 0.15) is 33.2 Å². The molecule has 0 heterocycles. The number of benzene rings is 2. The van der Waals surface area contributed by atoms with Crippen molar-refractivity contribution in [3.05, 3.63) is 71.3 Å². The highest BCUT2D eigenvalue weighted by Gasteiger charge is 2.30. The van der Waals surface area contributed by atoms with Gasteiger partial charge in [-0.3, -0.25) is 4.79 Å². The van der Waals surface area contributed by atoms with E-state index in [0.29, 0.717) is 5.56 Å². The van der Waals surface area contributed by atoms with Gasteiger partial charge in [0.1, 0.15) is 0 Å². The quantitative estimate of drug-likeness (QED) is 0.915. The summed E-state index contributed by atoms with van der Waals surface area (Å²) >= 11 is 1.24. The van der Waals surface area contributed by atoms with Crippen molar-refractivity contribution in [1.82, 2.24) is 0 Å². The summed E-state index contributed by atoms with van der Waals surface area (Å²) in [6.45, 7) is 0. The fraction of sp³-hybridized carbons (Fsp3) is 0.235. The van der Waals surface area contributed by atoms with Gasteiger partial charge in [-0.15, -0.1) is 0 Å². The first-order valence-electron chi connectivity index (χ1n) is 6.77. The molecule has 2 aromatic carbocycles. The molecule has 0 aromatic heterocycles. The second-order valence-electron chi connectivity index (χ2n) is 5.00. The Morgan fingerprint density at radius 1 is 1.05 bits per heavy atom. The first kappa shape index (κ1) is 13.4. The van der Waals surface area contributed by atoms with Crippen LogP contribution in [0.15, 0.2) is 54.6 Å². The Morgan fingerprint density at radius 2 is 1.75 bits per heavy atom. The number of rotatable bonds is 2. The Balaban J connectivity index is 1.85. The number of aliphatic hydroxyl groups is 1. The molecule has 2 atom stereocenters. The normalized spacial score (nSPS) is 21.2. The molecule has 3 rings (SSSR count). The lowest BCUT2D eigenvalue weighted by atomic mass is 9.89. The first-order chi connectivity index (χ1) is 9.75. The molecule has 0 radical (unpaired) electrons. The monoisotopic (exact) mass is 284 g/mol. The van der Waals surface area contributed by atoms with Crippen LogP contribution in [0, 0.1) is 0 Å². The zero-order chi connectivity index (χ0) is 13.9. The van der Waals surface area contributed by atoms with Gasteiger partial charge in [0, 0.05) is 5.56 Å². The van der Waals surface area contributed by atoms with E-state index in [1.807, 2.05) is 48.5 Å². The van der Waals surface area contributed by atoms with Gasteiger partial charge >= 0.3 is 0 Å². The van der Waals surface area contributed by atoms with E-state index in [0.717, 1.165) is 18.4 Å². The minimum atomic E-state index is -0.456. The predicted octanol–water partition coefficient (Wildman–Crippen LogP) is 3.61. The molecule has 0 saturated carbocycles. The third-order valence-electron chi connectivity index (χ3n) is 3.66. The molecule has 0 bridgehead atoms. The third kappa shape index (κ3) is 2.65. The molecule has 0 spiro atoms. The number of thioether (sulfide) groups is 1.